The van der Waals surface area contributed by atoms with Crippen LogP contribution in [-0.4, -0.2) is 41.1 Å². The maximum Gasteiger partial charge on any atom is 0.244 e. The Morgan fingerprint density at radius 1 is 1.36 bits per heavy atom. The number of carbonyl (C=O) groups is 1. The number of amides is 1. The van der Waals surface area contributed by atoms with E-state index in [-0.39, 0.29) is 18.1 Å². The van der Waals surface area contributed by atoms with Crippen LogP contribution in [0.2, 0.25) is 0 Å². The van der Waals surface area contributed by atoms with Crippen LogP contribution in [0.1, 0.15) is 18.9 Å². The highest BCUT2D eigenvalue weighted by molar-refractivity contribution is 5.87. The van der Waals surface area contributed by atoms with Crippen molar-refractivity contribution in [2.24, 2.45) is 0 Å². The minimum absolute atomic E-state index is 0.0980. The predicted molar refractivity (Wildman–Crippen MR) is 88.2 cm³/mol. The molecule has 1 fully saturated rings. The summed E-state index contributed by atoms with van der Waals surface area (Å²) in [5.74, 6) is -0.0980. The van der Waals surface area contributed by atoms with Gasteiger partial charge in [-0.15, -0.1) is 0 Å². The molecule has 0 radical (unpaired) electrons. The van der Waals surface area contributed by atoms with Crippen molar-refractivity contribution < 1.29 is 9.90 Å². The van der Waals surface area contributed by atoms with Crippen LogP contribution >= 0.6 is 0 Å². The van der Waals surface area contributed by atoms with Crippen LogP contribution in [0.25, 0.3) is 0 Å². The molecule has 118 valence electrons. The second kappa shape index (κ2) is 8.51. The zero-order chi connectivity index (χ0) is 15.8. The number of β-amino-alcohol motifs (C(OH)–C–C–N with tert-alkyl or cyclic N) is 1. The van der Waals surface area contributed by atoms with Crippen LogP contribution in [0, 0.1) is 0 Å². The summed E-state index contributed by atoms with van der Waals surface area (Å²) in [7, 11) is 0. The van der Waals surface area contributed by atoms with Gasteiger partial charge < -0.3 is 10.4 Å². The zero-order valence-electron chi connectivity index (χ0n) is 13.0. The third-order valence-electron chi connectivity index (χ3n) is 3.80. The fraction of sp³-hybridized carbons (Fsp3) is 0.389. The van der Waals surface area contributed by atoms with Crippen molar-refractivity contribution in [3.05, 3.63) is 60.2 Å². The molecule has 0 saturated carbocycles. The van der Waals surface area contributed by atoms with Gasteiger partial charge in [-0.2, -0.15) is 0 Å². The molecule has 2 unspecified atom stereocenters. The summed E-state index contributed by atoms with van der Waals surface area (Å²) in [4.78, 5) is 13.9. The zero-order valence-corrected chi connectivity index (χ0v) is 13.0. The van der Waals surface area contributed by atoms with E-state index in [0.29, 0.717) is 19.5 Å². The molecule has 1 aromatic rings. The van der Waals surface area contributed by atoms with Crippen molar-refractivity contribution in [2.75, 3.05) is 13.1 Å². The average Bonchev–Trinajstić information content (AvgIpc) is 2.86. The lowest BCUT2D eigenvalue weighted by atomic mass is 10.1. The lowest BCUT2D eigenvalue weighted by Crippen LogP contribution is -2.39. The number of nitrogens with one attached hydrogen (secondary N) is 1. The van der Waals surface area contributed by atoms with Crippen molar-refractivity contribution in [1.82, 2.24) is 10.2 Å². The Labute approximate surface area is 132 Å². The fourth-order valence-corrected chi connectivity index (χ4v) is 2.71. The first-order valence-electron chi connectivity index (χ1n) is 7.72. The van der Waals surface area contributed by atoms with Gasteiger partial charge in [-0.05, 0) is 18.9 Å². The fourth-order valence-electron chi connectivity index (χ4n) is 2.71. The summed E-state index contributed by atoms with van der Waals surface area (Å²) in [6.45, 7) is 3.92. The van der Waals surface area contributed by atoms with E-state index in [9.17, 15) is 9.90 Å². The number of hydrogen-bond donors (Lipinski definition) is 2. The van der Waals surface area contributed by atoms with Crippen molar-refractivity contribution in [2.45, 2.75) is 32.0 Å². The minimum atomic E-state index is -0.316. The third-order valence-corrected chi connectivity index (χ3v) is 3.80. The van der Waals surface area contributed by atoms with Gasteiger partial charge in [-0.25, -0.2) is 0 Å². The molecule has 1 aliphatic rings. The molecule has 4 heteroatoms. The van der Waals surface area contributed by atoms with Gasteiger partial charge in [0.2, 0.25) is 5.91 Å². The summed E-state index contributed by atoms with van der Waals surface area (Å²) in [5.41, 5.74) is 1.22. The Balaban J connectivity index is 1.87. The van der Waals surface area contributed by atoms with Crippen LogP contribution in [0.4, 0.5) is 0 Å². The summed E-state index contributed by atoms with van der Waals surface area (Å²) in [6, 6.07) is 10.4. The Kier molecular flexibility index (Phi) is 6.37. The molecule has 4 nitrogen and oxygen atoms in total. The molecule has 0 spiro atoms. The number of aliphatic hydroxyl groups excluding tert-OH is 1. The topological polar surface area (TPSA) is 52.6 Å². The van der Waals surface area contributed by atoms with Gasteiger partial charge in [0.05, 0.1) is 6.10 Å². The Morgan fingerprint density at radius 3 is 2.86 bits per heavy atom. The number of aliphatic hydroxyl groups is 1. The first-order valence-corrected chi connectivity index (χ1v) is 7.72. The molecule has 0 bridgehead atoms. The lowest BCUT2D eigenvalue weighted by Gasteiger charge is -2.24. The molecule has 2 N–H and O–H groups in total. The van der Waals surface area contributed by atoms with E-state index in [2.05, 4.69) is 22.3 Å². The molecule has 1 heterocycles. The quantitative estimate of drug-likeness (QED) is 0.623. The number of carbonyl (C=O) groups excluding carboxylic acids is 1. The number of allylic oxidation sites excluding steroid dienone is 3. The maximum atomic E-state index is 11.7. The first-order chi connectivity index (χ1) is 10.7. The van der Waals surface area contributed by atoms with E-state index in [0.717, 1.165) is 6.54 Å². The standard InChI is InChI=1S/C18H24N2O2/c1-2-3-5-10-18(22)19-12-16-11-17(21)14-20(16)13-15-8-6-4-7-9-15/h2-10,16-17,21H,11-14H2,1H3,(H,19,22). The van der Waals surface area contributed by atoms with E-state index in [1.54, 1.807) is 6.08 Å². The second-order valence-corrected chi connectivity index (χ2v) is 5.59. The highest BCUT2D eigenvalue weighted by atomic mass is 16.3. The van der Waals surface area contributed by atoms with Gasteiger partial charge >= 0.3 is 0 Å². The SMILES string of the molecule is CC=CC=CC(=O)NCC1CC(O)CN1Cc1ccccc1. The van der Waals surface area contributed by atoms with E-state index < -0.39 is 0 Å². The second-order valence-electron chi connectivity index (χ2n) is 5.59. The highest BCUT2D eigenvalue weighted by Crippen LogP contribution is 2.20. The summed E-state index contributed by atoms with van der Waals surface area (Å²) in [5, 5.41) is 12.8. The molecule has 1 amide bonds. The van der Waals surface area contributed by atoms with Crippen molar-refractivity contribution in [3.8, 4) is 0 Å². The molecule has 22 heavy (non-hydrogen) atoms. The molecule has 0 aromatic heterocycles. The van der Waals surface area contributed by atoms with Crippen LogP contribution in [0.15, 0.2) is 54.6 Å². The van der Waals surface area contributed by atoms with Gasteiger partial charge in [0.15, 0.2) is 0 Å². The summed E-state index contributed by atoms with van der Waals surface area (Å²) < 4.78 is 0. The highest BCUT2D eigenvalue weighted by Gasteiger charge is 2.30. The van der Waals surface area contributed by atoms with Gasteiger partial charge in [0, 0.05) is 31.8 Å². The largest absolute Gasteiger partial charge is 0.392 e. The number of benzene rings is 1. The molecule has 2 atom stereocenters. The number of rotatable bonds is 6. The Morgan fingerprint density at radius 2 is 2.14 bits per heavy atom. The number of likely N-dealkylation sites (tertiary alicyclic amines) is 1. The predicted octanol–water partition coefficient (Wildman–Crippen LogP) is 1.87. The Hall–Kier alpha value is -1.91. The summed E-state index contributed by atoms with van der Waals surface area (Å²) in [6.07, 6.45) is 7.32. The van der Waals surface area contributed by atoms with Gasteiger partial charge in [0.25, 0.3) is 0 Å². The number of hydrogen-bond acceptors (Lipinski definition) is 3. The smallest absolute Gasteiger partial charge is 0.244 e. The van der Waals surface area contributed by atoms with Crippen LogP contribution in [0.5, 0.6) is 0 Å². The summed E-state index contributed by atoms with van der Waals surface area (Å²) >= 11 is 0. The molecular formula is C18H24N2O2. The monoisotopic (exact) mass is 300 g/mol. The van der Waals surface area contributed by atoms with Gasteiger partial charge in [-0.1, -0.05) is 48.6 Å². The number of nitrogens with zero attached hydrogens (tertiary/aromatic N) is 1. The van der Waals surface area contributed by atoms with Crippen LogP contribution < -0.4 is 5.32 Å². The van der Waals surface area contributed by atoms with Gasteiger partial charge in [0.1, 0.15) is 0 Å². The third kappa shape index (κ3) is 5.13. The van der Waals surface area contributed by atoms with E-state index in [1.807, 2.05) is 37.3 Å². The molecule has 1 saturated heterocycles. The molecule has 2 rings (SSSR count). The normalized spacial score (nSPS) is 22.6. The lowest BCUT2D eigenvalue weighted by molar-refractivity contribution is -0.116. The molecule has 0 aliphatic carbocycles. The molecular weight excluding hydrogens is 276 g/mol. The van der Waals surface area contributed by atoms with Crippen LogP contribution in [-0.2, 0) is 11.3 Å². The van der Waals surface area contributed by atoms with Crippen LogP contribution in [0.3, 0.4) is 0 Å². The minimum Gasteiger partial charge on any atom is -0.392 e. The first kappa shape index (κ1) is 16.5. The van der Waals surface area contributed by atoms with Crippen molar-refractivity contribution in [3.63, 3.8) is 0 Å². The van der Waals surface area contributed by atoms with E-state index in [4.69, 9.17) is 0 Å². The molecule has 1 aromatic carbocycles. The average molecular weight is 300 g/mol. The van der Waals surface area contributed by atoms with Crippen molar-refractivity contribution in [1.29, 1.82) is 0 Å². The van der Waals surface area contributed by atoms with E-state index in [1.165, 1.54) is 11.6 Å². The van der Waals surface area contributed by atoms with Crippen molar-refractivity contribution >= 4 is 5.91 Å². The maximum absolute atomic E-state index is 11.7. The van der Waals surface area contributed by atoms with Gasteiger partial charge in [-0.3, -0.25) is 9.69 Å². The van der Waals surface area contributed by atoms with E-state index >= 15 is 0 Å². The molecule has 1 aliphatic heterocycles. The Bertz CT molecular complexity index is 525.